The predicted octanol–water partition coefficient (Wildman–Crippen LogP) is 3.09. The lowest BCUT2D eigenvalue weighted by atomic mass is 9.46. The maximum Gasteiger partial charge on any atom is 0.0165 e. The molecule has 1 aromatic rings. The molecule has 1 nitrogen and oxygen atoms in total. The molecule has 2 unspecified atom stereocenters. The van der Waals surface area contributed by atoms with Gasteiger partial charge in [0.1, 0.15) is 0 Å². The number of hydrogen-bond acceptors (Lipinski definition) is 1. The van der Waals surface area contributed by atoms with Crippen molar-refractivity contribution < 1.29 is 0 Å². The summed E-state index contributed by atoms with van der Waals surface area (Å²) in [4.78, 5) is 0. The Kier molecular flexibility index (Phi) is 2.00. The number of hydrogen-bond donors (Lipinski definition) is 1. The van der Waals surface area contributed by atoms with Crippen LogP contribution in [0.25, 0.3) is 0 Å². The quantitative estimate of drug-likeness (QED) is 0.784. The van der Waals surface area contributed by atoms with Crippen molar-refractivity contribution in [3.63, 3.8) is 0 Å². The average molecular weight is 227 g/mol. The largest absolute Gasteiger partial charge is 0.327 e. The Labute approximate surface area is 103 Å². The average Bonchev–Trinajstić information content (AvgIpc) is 2.36. The van der Waals surface area contributed by atoms with Crippen LogP contribution in [0, 0.1) is 17.8 Å². The van der Waals surface area contributed by atoms with Gasteiger partial charge in [0.2, 0.25) is 0 Å². The molecule has 1 aromatic carbocycles. The summed E-state index contributed by atoms with van der Waals surface area (Å²) in [5, 5.41) is 0. The molecule has 90 valence electrons. The second-order valence-electron chi connectivity index (χ2n) is 6.66. The Morgan fingerprint density at radius 1 is 0.941 bits per heavy atom. The molecule has 0 aromatic heterocycles. The van der Waals surface area contributed by atoms with Crippen LogP contribution in [0.15, 0.2) is 30.3 Å². The Morgan fingerprint density at radius 3 is 2.24 bits per heavy atom. The number of rotatable bonds is 1. The normalized spacial score (nSPS) is 47.4. The Bertz CT molecular complexity index is 410. The molecule has 17 heavy (non-hydrogen) atoms. The predicted molar refractivity (Wildman–Crippen MR) is 69.7 cm³/mol. The highest BCUT2D eigenvalue weighted by atomic mass is 14.8. The third-order valence-corrected chi connectivity index (χ3v) is 5.74. The van der Waals surface area contributed by atoms with E-state index in [9.17, 15) is 0 Å². The van der Waals surface area contributed by atoms with Gasteiger partial charge in [0.15, 0.2) is 0 Å². The highest BCUT2D eigenvalue weighted by molar-refractivity contribution is 5.32. The molecule has 5 rings (SSSR count). The summed E-state index contributed by atoms with van der Waals surface area (Å²) in [5.74, 6) is 2.74. The Hall–Kier alpha value is -0.820. The minimum atomic E-state index is 0.329. The fraction of sp³-hybridized carbons (Fsp3) is 0.625. The maximum atomic E-state index is 6.63. The highest BCUT2D eigenvalue weighted by Crippen LogP contribution is 2.60. The van der Waals surface area contributed by atoms with Gasteiger partial charge >= 0.3 is 0 Å². The first-order chi connectivity index (χ1) is 8.28. The van der Waals surface area contributed by atoms with Gasteiger partial charge in [-0.15, -0.1) is 0 Å². The fourth-order valence-corrected chi connectivity index (χ4v) is 5.28. The summed E-state index contributed by atoms with van der Waals surface area (Å²) in [6, 6.07) is 11.5. The summed E-state index contributed by atoms with van der Waals surface area (Å²) >= 11 is 0. The number of nitrogens with two attached hydrogens (primary N) is 1. The molecule has 4 aliphatic carbocycles. The van der Waals surface area contributed by atoms with E-state index >= 15 is 0 Å². The van der Waals surface area contributed by atoms with Gasteiger partial charge in [-0.05, 0) is 55.4 Å². The maximum absolute atomic E-state index is 6.63. The van der Waals surface area contributed by atoms with Crippen LogP contribution in [0.3, 0.4) is 0 Å². The van der Waals surface area contributed by atoms with Crippen LogP contribution in [0.5, 0.6) is 0 Å². The summed E-state index contributed by atoms with van der Waals surface area (Å²) in [7, 11) is 0. The van der Waals surface area contributed by atoms with Gasteiger partial charge in [-0.1, -0.05) is 30.3 Å². The zero-order valence-electron chi connectivity index (χ0n) is 10.3. The van der Waals surface area contributed by atoms with E-state index in [0.29, 0.717) is 11.5 Å². The topological polar surface area (TPSA) is 26.0 Å². The second kappa shape index (κ2) is 3.35. The van der Waals surface area contributed by atoms with Crippen LogP contribution >= 0.6 is 0 Å². The third-order valence-electron chi connectivity index (χ3n) is 5.74. The van der Waals surface area contributed by atoms with E-state index in [1.54, 1.807) is 0 Å². The van der Waals surface area contributed by atoms with E-state index in [1.807, 2.05) is 0 Å². The summed E-state index contributed by atoms with van der Waals surface area (Å²) in [6.07, 6.45) is 7.01. The van der Waals surface area contributed by atoms with Gasteiger partial charge in [0.05, 0.1) is 0 Å². The first-order valence-electron chi connectivity index (χ1n) is 7.09. The van der Waals surface area contributed by atoms with E-state index in [2.05, 4.69) is 30.3 Å². The molecular weight excluding hydrogens is 206 g/mol. The van der Waals surface area contributed by atoms with Gasteiger partial charge < -0.3 is 5.73 Å². The molecule has 4 saturated carbocycles. The molecule has 0 saturated heterocycles. The van der Waals surface area contributed by atoms with Crippen molar-refractivity contribution in [3.8, 4) is 0 Å². The van der Waals surface area contributed by atoms with Crippen molar-refractivity contribution in [2.24, 2.45) is 23.5 Å². The summed E-state index contributed by atoms with van der Waals surface area (Å²) < 4.78 is 0. The summed E-state index contributed by atoms with van der Waals surface area (Å²) in [5.41, 5.74) is 8.48. The monoisotopic (exact) mass is 227 g/mol. The van der Waals surface area contributed by atoms with Crippen molar-refractivity contribution >= 4 is 0 Å². The lowest BCUT2D eigenvalue weighted by molar-refractivity contribution is -0.0247. The van der Waals surface area contributed by atoms with E-state index < -0.39 is 0 Å². The van der Waals surface area contributed by atoms with Crippen molar-refractivity contribution in [1.29, 1.82) is 0 Å². The van der Waals surface area contributed by atoms with E-state index in [1.165, 1.54) is 37.7 Å². The molecule has 0 spiro atoms. The highest BCUT2D eigenvalue weighted by Gasteiger charge is 2.56. The molecule has 1 heteroatoms. The molecular formula is C16H21N. The molecule has 2 N–H and O–H groups in total. The Balaban J connectivity index is 1.81. The van der Waals surface area contributed by atoms with Crippen LogP contribution in [-0.2, 0) is 5.41 Å². The van der Waals surface area contributed by atoms with Crippen molar-refractivity contribution in [1.82, 2.24) is 0 Å². The van der Waals surface area contributed by atoms with Crippen molar-refractivity contribution in [2.75, 3.05) is 0 Å². The standard InChI is InChI=1S/C16H21N/c17-15-13-7-11-6-12(8-13)10-16(15,9-11)14-4-2-1-3-5-14/h1-5,11-13,15H,6-10,17H2/t11-,12+,13?,15-,16?/m0/s1. The zero-order chi connectivity index (χ0) is 11.5. The lowest BCUT2D eigenvalue weighted by Gasteiger charge is -2.60. The molecule has 4 bridgehead atoms. The SMILES string of the molecule is N[C@H]1C2C[C@@H]3C[C@H](C2)CC1(c1ccccc1)C3. The van der Waals surface area contributed by atoms with Gasteiger partial charge in [0.25, 0.3) is 0 Å². The molecule has 4 fully saturated rings. The van der Waals surface area contributed by atoms with Crippen LogP contribution in [0.1, 0.15) is 37.7 Å². The van der Waals surface area contributed by atoms with Crippen molar-refractivity contribution in [3.05, 3.63) is 35.9 Å². The zero-order valence-corrected chi connectivity index (χ0v) is 10.3. The molecule has 0 aliphatic heterocycles. The smallest absolute Gasteiger partial charge is 0.0165 e. The minimum Gasteiger partial charge on any atom is -0.327 e. The molecule has 0 heterocycles. The lowest BCUT2D eigenvalue weighted by Crippen LogP contribution is -2.61. The van der Waals surface area contributed by atoms with Crippen LogP contribution < -0.4 is 5.73 Å². The first kappa shape index (κ1) is 10.1. The summed E-state index contributed by atoms with van der Waals surface area (Å²) in [6.45, 7) is 0. The fourth-order valence-electron chi connectivity index (χ4n) is 5.28. The molecule has 4 aliphatic rings. The van der Waals surface area contributed by atoms with E-state index in [-0.39, 0.29) is 0 Å². The second-order valence-corrected chi connectivity index (χ2v) is 6.66. The van der Waals surface area contributed by atoms with E-state index in [0.717, 1.165) is 17.8 Å². The molecule has 5 atom stereocenters. The first-order valence-corrected chi connectivity index (χ1v) is 7.09. The molecule has 0 amide bonds. The van der Waals surface area contributed by atoms with E-state index in [4.69, 9.17) is 5.73 Å². The number of benzene rings is 1. The van der Waals surface area contributed by atoms with Crippen molar-refractivity contribution in [2.45, 2.75) is 43.6 Å². The Morgan fingerprint density at radius 2 is 1.59 bits per heavy atom. The van der Waals surface area contributed by atoms with Gasteiger partial charge in [-0.2, -0.15) is 0 Å². The van der Waals surface area contributed by atoms with Crippen LogP contribution in [-0.4, -0.2) is 6.04 Å². The third kappa shape index (κ3) is 1.29. The van der Waals surface area contributed by atoms with Gasteiger partial charge in [-0.3, -0.25) is 0 Å². The minimum absolute atomic E-state index is 0.329. The van der Waals surface area contributed by atoms with Gasteiger partial charge in [-0.25, -0.2) is 0 Å². The van der Waals surface area contributed by atoms with Crippen LogP contribution in [0.4, 0.5) is 0 Å². The van der Waals surface area contributed by atoms with Crippen LogP contribution in [0.2, 0.25) is 0 Å². The van der Waals surface area contributed by atoms with Gasteiger partial charge in [0, 0.05) is 11.5 Å². The molecule has 0 radical (unpaired) electrons.